The fraction of sp³-hybridized carbons (Fsp3) is 0.200. The van der Waals surface area contributed by atoms with Gasteiger partial charge in [0, 0.05) is 22.8 Å². The van der Waals surface area contributed by atoms with E-state index in [1.807, 2.05) is 13.8 Å². The molecular formula is C15H14ClN5O2. The Balaban J connectivity index is 1.80. The van der Waals surface area contributed by atoms with Gasteiger partial charge in [-0.15, -0.1) is 5.10 Å². The number of anilines is 1. The van der Waals surface area contributed by atoms with E-state index in [2.05, 4.69) is 20.6 Å². The number of halogens is 1. The number of rotatable bonds is 4. The van der Waals surface area contributed by atoms with Gasteiger partial charge < -0.3 is 4.42 Å². The van der Waals surface area contributed by atoms with E-state index in [-0.39, 0.29) is 23.9 Å². The summed E-state index contributed by atoms with van der Waals surface area (Å²) in [5.74, 6) is -0.0855. The molecule has 0 fully saturated rings. The van der Waals surface area contributed by atoms with Crippen LogP contribution in [0.15, 0.2) is 40.9 Å². The van der Waals surface area contributed by atoms with Crippen molar-refractivity contribution >= 4 is 23.5 Å². The molecule has 3 aromatic rings. The highest BCUT2D eigenvalue weighted by molar-refractivity contribution is 6.31. The van der Waals surface area contributed by atoms with Crippen LogP contribution in [-0.2, 0) is 0 Å². The molecule has 0 radical (unpaired) electrons. The Hall–Kier alpha value is -2.67. The molecule has 0 aliphatic carbocycles. The molecule has 0 aliphatic heterocycles. The zero-order chi connectivity index (χ0) is 16.4. The van der Waals surface area contributed by atoms with Crippen molar-refractivity contribution in [3.63, 3.8) is 0 Å². The predicted molar refractivity (Wildman–Crippen MR) is 85.3 cm³/mol. The van der Waals surface area contributed by atoms with Crippen LogP contribution in [0, 0.1) is 0 Å². The smallest absolute Gasteiger partial charge is 0.322 e. The van der Waals surface area contributed by atoms with Crippen LogP contribution in [0.2, 0.25) is 5.02 Å². The molecule has 0 saturated heterocycles. The van der Waals surface area contributed by atoms with Crippen LogP contribution in [0.3, 0.4) is 0 Å². The summed E-state index contributed by atoms with van der Waals surface area (Å²) in [5, 5.41) is 15.0. The number of nitrogens with zero attached hydrogens (tertiary/aromatic N) is 4. The number of nitrogens with one attached hydrogen (secondary N) is 1. The number of aromatic nitrogens is 4. The minimum absolute atomic E-state index is 0.0153. The van der Waals surface area contributed by atoms with Gasteiger partial charge in [0.25, 0.3) is 11.8 Å². The molecule has 2 aromatic heterocycles. The van der Waals surface area contributed by atoms with E-state index in [0.29, 0.717) is 16.3 Å². The maximum absolute atomic E-state index is 12.1. The first-order valence-corrected chi connectivity index (χ1v) is 7.36. The molecule has 118 valence electrons. The summed E-state index contributed by atoms with van der Waals surface area (Å²) in [6, 6.07) is 8.52. The first-order valence-electron chi connectivity index (χ1n) is 6.99. The van der Waals surface area contributed by atoms with E-state index in [4.69, 9.17) is 16.0 Å². The van der Waals surface area contributed by atoms with Gasteiger partial charge in [0.15, 0.2) is 0 Å². The number of carbonyl (C=O) groups is 1. The summed E-state index contributed by atoms with van der Waals surface area (Å²) in [4.78, 5) is 12.1. The number of hydrogen-bond acceptors (Lipinski definition) is 5. The molecule has 0 saturated carbocycles. The van der Waals surface area contributed by atoms with Gasteiger partial charge in [0.1, 0.15) is 5.69 Å². The monoisotopic (exact) mass is 331 g/mol. The molecule has 2 heterocycles. The van der Waals surface area contributed by atoms with E-state index in [1.54, 1.807) is 41.2 Å². The third kappa shape index (κ3) is 3.24. The standard InChI is InChI=1S/C15H14ClN5O2/c1-9(2)21-12(6-7-17-21)14-19-20-15(23-14)18-13(22)10-4-3-5-11(16)8-10/h3-9H,1-2H3,(H,18,20,22). The van der Waals surface area contributed by atoms with Crippen LogP contribution in [0.4, 0.5) is 6.01 Å². The first-order chi connectivity index (χ1) is 11.0. The normalized spacial score (nSPS) is 11.0. The Morgan fingerprint density at radius 2 is 2.13 bits per heavy atom. The van der Waals surface area contributed by atoms with Crippen molar-refractivity contribution in [1.82, 2.24) is 20.0 Å². The summed E-state index contributed by atoms with van der Waals surface area (Å²) in [6.45, 7) is 3.99. The molecule has 1 aromatic carbocycles. The van der Waals surface area contributed by atoms with E-state index >= 15 is 0 Å². The van der Waals surface area contributed by atoms with Gasteiger partial charge in [-0.1, -0.05) is 22.8 Å². The van der Waals surface area contributed by atoms with Crippen LogP contribution < -0.4 is 5.32 Å². The lowest BCUT2D eigenvalue weighted by atomic mass is 10.2. The Bertz CT molecular complexity index is 840. The van der Waals surface area contributed by atoms with Gasteiger partial charge in [-0.05, 0) is 38.1 Å². The Morgan fingerprint density at radius 1 is 1.30 bits per heavy atom. The zero-order valence-corrected chi connectivity index (χ0v) is 13.3. The molecule has 7 nitrogen and oxygen atoms in total. The zero-order valence-electron chi connectivity index (χ0n) is 12.5. The molecule has 0 aliphatic rings. The topological polar surface area (TPSA) is 85.8 Å². The summed E-state index contributed by atoms with van der Waals surface area (Å²) in [5.41, 5.74) is 1.10. The van der Waals surface area contributed by atoms with Gasteiger partial charge >= 0.3 is 6.01 Å². The average molecular weight is 332 g/mol. The highest BCUT2D eigenvalue weighted by atomic mass is 35.5. The van der Waals surface area contributed by atoms with Crippen LogP contribution in [-0.4, -0.2) is 25.9 Å². The summed E-state index contributed by atoms with van der Waals surface area (Å²) in [7, 11) is 0. The summed E-state index contributed by atoms with van der Waals surface area (Å²) >= 11 is 5.87. The van der Waals surface area contributed by atoms with Crippen molar-refractivity contribution in [3.05, 3.63) is 47.1 Å². The third-order valence-corrected chi connectivity index (χ3v) is 3.35. The maximum Gasteiger partial charge on any atom is 0.322 e. The predicted octanol–water partition coefficient (Wildman–Crippen LogP) is 3.42. The molecule has 0 spiro atoms. The van der Waals surface area contributed by atoms with Gasteiger partial charge in [-0.2, -0.15) is 5.10 Å². The Labute approximate surface area is 137 Å². The van der Waals surface area contributed by atoms with Crippen LogP contribution in [0.5, 0.6) is 0 Å². The quantitative estimate of drug-likeness (QED) is 0.791. The van der Waals surface area contributed by atoms with Crippen molar-refractivity contribution in [2.45, 2.75) is 19.9 Å². The van der Waals surface area contributed by atoms with Crippen LogP contribution in [0.25, 0.3) is 11.6 Å². The number of carbonyl (C=O) groups excluding carboxylic acids is 1. The minimum atomic E-state index is -0.375. The number of benzene rings is 1. The number of hydrogen-bond donors (Lipinski definition) is 1. The van der Waals surface area contributed by atoms with Gasteiger partial charge in [0.2, 0.25) is 0 Å². The molecule has 0 bridgehead atoms. The van der Waals surface area contributed by atoms with Gasteiger partial charge in [0.05, 0.1) is 0 Å². The molecule has 3 rings (SSSR count). The molecule has 23 heavy (non-hydrogen) atoms. The molecular weight excluding hydrogens is 318 g/mol. The molecule has 0 atom stereocenters. The fourth-order valence-electron chi connectivity index (χ4n) is 2.07. The average Bonchev–Trinajstić information content (AvgIpc) is 3.15. The largest absolute Gasteiger partial charge is 0.401 e. The second kappa shape index (κ2) is 6.21. The first kappa shape index (κ1) is 15.2. The second-order valence-corrected chi connectivity index (χ2v) is 5.57. The third-order valence-electron chi connectivity index (χ3n) is 3.11. The van der Waals surface area contributed by atoms with Gasteiger partial charge in [-0.3, -0.25) is 14.8 Å². The molecule has 1 amide bonds. The van der Waals surface area contributed by atoms with Crippen molar-refractivity contribution in [3.8, 4) is 11.6 Å². The Kier molecular flexibility index (Phi) is 4.12. The van der Waals surface area contributed by atoms with E-state index in [0.717, 1.165) is 0 Å². The van der Waals surface area contributed by atoms with Crippen molar-refractivity contribution in [1.29, 1.82) is 0 Å². The lowest BCUT2D eigenvalue weighted by Crippen LogP contribution is -2.11. The Morgan fingerprint density at radius 3 is 2.87 bits per heavy atom. The van der Waals surface area contributed by atoms with E-state index in [1.165, 1.54) is 0 Å². The van der Waals surface area contributed by atoms with Crippen LogP contribution >= 0.6 is 11.6 Å². The van der Waals surface area contributed by atoms with Crippen LogP contribution in [0.1, 0.15) is 30.2 Å². The summed E-state index contributed by atoms with van der Waals surface area (Å²) < 4.78 is 7.25. The van der Waals surface area contributed by atoms with Crippen molar-refractivity contribution < 1.29 is 9.21 Å². The van der Waals surface area contributed by atoms with E-state index < -0.39 is 0 Å². The fourth-order valence-corrected chi connectivity index (χ4v) is 2.26. The van der Waals surface area contributed by atoms with E-state index in [9.17, 15) is 4.79 Å². The molecule has 8 heteroatoms. The summed E-state index contributed by atoms with van der Waals surface area (Å²) in [6.07, 6.45) is 1.66. The number of amides is 1. The minimum Gasteiger partial charge on any atom is -0.401 e. The highest BCUT2D eigenvalue weighted by Gasteiger charge is 2.16. The maximum atomic E-state index is 12.1. The van der Waals surface area contributed by atoms with Gasteiger partial charge in [-0.25, -0.2) is 0 Å². The highest BCUT2D eigenvalue weighted by Crippen LogP contribution is 2.22. The lowest BCUT2D eigenvalue weighted by molar-refractivity contribution is 0.102. The van der Waals surface area contributed by atoms with Crippen molar-refractivity contribution in [2.75, 3.05) is 5.32 Å². The lowest BCUT2D eigenvalue weighted by Gasteiger charge is -2.07. The second-order valence-electron chi connectivity index (χ2n) is 5.13. The SMILES string of the molecule is CC(C)n1nccc1-c1nnc(NC(=O)c2cccc(Cl)c2)o1. The molecule has 0 unspecified atom stereocenters. The van der Waals surface area contributed by atoms with Crippen molar-refractivity contribution in [2.24, 2.45) is 0 Å². The molecule has 1 N–H and O–H groups in total.